The number of hydrogen-bond donors (Lipinski definition) is 0. The van der Waals surface area contributed by atoms with Crippen molar-refractivity contribution in [2.24, 2.45) is 0 Å². The molecule has 0 atom stereocenters. The Labute approximate surface area is 166 Å². The Morgan fingerprint density at radius 1 is 0.917 bits per heavy atom. The smallest absolute Gasteiger partial charge is 0.337 e. The molecule has 132 valence electrons. The van der Waals surface area contributed by atoms with Gasteiger partial charge in [0.1, 0.15) is 0 Å². The van der Waals surface area contributed by atoms with E-state index < -0.39 is 7.38 Å². The molecule has 1 amide bonds. The first kappa shape index (κ1) is 24.5. The summed E-state index contributed by atoms with van der Waals surface area (Å²) in [5.74, 6) is 0.880. The summed E-state index contributed by atoms with van der Waals surface area (Å²) in [4.78, 5) is 14.6. The van der Waals surface area contributed by atoms with Crippen LogP contribution in [0.1, 0.15) is 27.7 Å². The first-order valence-electron chi connectivity index (χ1n) is 8.10. The Morgan fingerprint density at radius 2 is 1.33 bits per heavy atom. The molecule has 2 rings (SSSR count). The van der Waals surface area contributed by atoms with Crippen molar-refractivity contribution in [1.82, 2.24) is 4.90 Å². The molecular formula is C19H28ClFeNOSi+2. The molecule has 2 nitrogen and oxygen atoms in total. The molecule has 24 heavy (non-hydrogen) atoms. The summed E-state index contributed by atoms with van der Waals surface area (Å²) in [6, 6.07) is 0.390. The number of carbonyl (C=O) groups excluding carboxylic acids is 1. The van der Waals surface area contributed by atoms with Crippen molar-refractivity contribution in [2.75, 3.05) is 0 Å². The Balaban J connectivity index is 0.000000751. The van der Waals surface area contributed by atoms with Crippen LogP contribution in [-0.4, -0.2) is 30.3 Å². The molecule has 0 saturated heterocycles. The predicted molar refractivity (Wildman–Crippen MR) is 101 cm³/mol. The molecule has 2 aliphatic carbocycles. The molecule has 0 spiro atoms. The molecule has 10 radical (unpaired) electrons. The van der Waals surface area contributed by atoms with Crippen molar-refractivity contribution >= 4 is 24.4 Å². The van der Waals surface area contributed by atoms with E-state index in [1.165, 1.54) is 0 Å². The zero-order chi connectivity index (χ0) is 17.6. The van der Waals surface area contributed by atoms with Crippen molar-refractivity contribution < 1.29 is 21.9 Å². The maximum absolute atomic E-state index is 12.6. The third-order valence-electron chi connectivity index (χ3n) is 3.59. The summed E-state index contributed by atoms with van der Waals surface area (Å²) >= 11 is 6.48. The van der Waals surface area contributed by atoms with Crippen LogP contribution in [0, 0.1) is 62.8 Å². The Kier molecular flexibility index (Phi) is 11.5. The molecule has 2 saturated carbocycles. The van der Waals surface area contributed by atoms with Crippen molar-refractivity contribution in [2.45, 2.75) is 52.9 Å². The van der Waals surface area contributed by atoms with Gasteiger partial charge in [0.05, 0.1) is 5.92 Å². The number of amides is 1. The number of halogens is 1. The minimum absolute atomic E-state index is 0. The van der Waals surface area contributed by atoms with Gasteiger partial charge in [-0.05, 0) is 79.1 Å². The van der Waals surface area contributed by atoms with Gasteiger partial charge in [0, 0.05) is 17.6 Å². The summed E-state index contributed by atoms with van der Waals surface area (Å²) in [5, 5.41) is 0. The van der Waals surface area contributed by atoms with Gasteiger partial charge in [0.2, 0.25) is 5.91 Å². The topological polar surface area (TPSA) is 20.3 Å². The van der Waals surface area contributed by atoms with Gasteiger partial charge in [0.25, 0.3) is 0 Å². The predicted octanol–water partition coefficient (Wildman–Crippen LogP) is 4.41. The van der Waals surface area contributed by atoms with Gasteiger partial charge in [0.15, 0.2) is 7.38 Å². The fourth-order valence-corrected chi connectivity index (χ4v) is 4.47. The van der Waals surface area contributed by atoms with E-state index in [1.807, 2.05) is 84.0 Å². The van der Waals surface area contributed by atoms with E-state index in [-0.39, 0.29) is 35.1 Å². The fraction of sp³-hybridized carbons (Fsp3) is 0.421. The summed E-state index contributed by atoms with van der Waals surface area (Å²) in [6.45, 7) is 12.3. The maximum atomic E-state index is 12.6. The molecule has 0 aromatic rings. The number of hydrogen-bond acceptors (Lipinski definition) is 1. The number of rotatable bonds is 4. The second-order valence-electron chi connectivity index (χ2n) is 6.69. The summed E-state index contributed by atoms with van der Waals surface area (Å²) in [7, 11) is -1.98. The monoisotopic (exact) mass is 405 g/mol. The summed E-state index contributed by atoms with van der Waals surface area (Å²) in [5.41, 5.74) is 1.04. The summed E-state index contributed by atoms with van der Waals surface area (Å²) in [6.07, 6.45) is 15.8. The van der Waals surface area contributed by atoms with Crippen LogP contribution in [0.2, 0.25) is 13.1 Å². The van der Waals surface area contributed by atoms with E-state index in [2.05, 4.69) is 13.1 Å². The van der Waals surface area contributed by atoms with E-state index in [4.69, 9.17) is 11.1 Å². The van der Waals surface area contributed by atoms with Crippen molar-refractivity contribution in [3.63, 3.8) is 0 Å². The normalized spacial score (nSPS) is 19.2. The number of nitrogens with zero attached hydrogens (tertiary/aromatic N) is 1. The second kappa shape index (κ2) is 11.3. The third kappa shape index (κ3) is 7.39. The molecule has 0 bridgehead atoms. The van der Waals surface area contributed by atoms with Crippen LogP contribution in [0.4, 0.5) is 0 Å². The van der Waals surface area contributed by atoms with Crippen LogP contribution in [0.5, 0.6) is 0 Å². The van der Waals surface area contributed by atoms with Crippen molar-refractivity contribution in [1.29, 1.82) is 0 Å². The molecule has 0 aliphatic heterocycles. The molecular weight excluding hydrogens is 378 g/mol. The number of carbonyl (C=O) groups is 1. The van der Waals surface area contributed by atoms with Crippen LogP contribution in [0.25, 0.3) is 0 Å². The SMILES string of the molecule is CC(C)N(C(=O)[C]1[CH][CH][CH][C]1[Si](C)(C)Cl)C(C)C.[CH]1[CH][CH][CH][CH]1.[Fe+2]. The molecule has 0 aromatic carbocycles. The van der Waals surface area contributed by atoms with Gasteiger partial charge in [-0.25, -0.2) is 0 Å². The van der Waals surface area contributed by atoms with Crippen LogP contribution < -0.4 is 0 Å². The minimum atomic E-state index is -1.98. The Morgan fingerprint density at radius 3 is 1.67 bits per heavy atom. The van der Waals surface area contributed by atoms with E-state index >= 15 is 0 Å². The zero-order valence-electron chi connectivity index (χ0n) is 15.4. The van der Waals surface area contributed by atoms with Crippen molar-refractivity contribution in [3.05, 3.63) is 62.8 Å². The quantitative estimate of drug-likeness (QED) is 0.501. The van der Waals surface area contributed by atoms with E-state index in [9.17, 15) is 4.79 Å². The average molecular weight is 406 g/mol. The average Bonchev–Trinajstić information content (AvgIpc) is 3.12. The first-order chi connectivity index (χ1) is 10.7. The van der Waals surface area contributed by atoms with Gasteiger partial charge in [-0.15, -0.1) is 0 Å². The molecule has 5 heteroatoms. The molecule has 0 unspecified atom stereocenters. The van der Waals surface area contributed by atoms with Gasteiger partial charge >= 0.3 is 17.1 Å². The van der Waals surface area contributed by atoms with Gasteiger partial charge in [-0.3, -0.25) is 4.79 Å². The van der Waals surface area contributed by atoms with Gasteiger partial charge in [-0.2, -0.15) is 11.1 Å². The van der Waals surface area contributed by atoms with Crippen LogP contribution in [-0.2, 0) is 21.9 Å². The van der Waals surface area contributed by atoms with E-state index in [1.54, 1.807) is 0 Å². The minimum Gasteiger partial charge on any atom is -0.337 e. The molecule has 2 aliphatic rings. The van der Waals surface area contributed by atoms with Crippen LogP contribution in [0.15, 0.2) is 0 Å². The summed E-state index contributed by atoms with van der Waals surface area (Å²) < 4.78 is 0. The largest absolute Gasteiger partial charge is 2.00 e. The zero-order valence-corrected chi connectivity index (χ0v) is 18.2. The molecule has 0 aromatic heterocycles. The molecule has 0 heterocycles. The van der Waals surface area contributed by atoms with Crippen molar-refractivity contribution in [3.8, 4) is 0 Å². The Hall–Kier alpha value is 0.496. The van der Waals surface area contributed by atoms with E-state index in [0.717, 1.165) is 11.5 Å². The van der Waals surface area contributed by atoms with Gasteiger partial charge in [-0.1, -0.05) is 13.1 Å². The van der Waals surface area contributed by atoms with Crippen LogP contribution in [0.3, 0.4) is 0 Å². The van der Waals surface area contributed by atoms with Gasteiger partial charge < -0.3 is 4.90 Å². The molecule has 2 fully saturated rings. The standard InChI is InChI=1S/C14H23ClNOSi.C5H5.Fe/c1-10(2)16(11(3)4)14(17)12-8-7-9-13(12)18(5,6)15;1-2-4-5-3-1;/h7-11H,1-6H3;1-5H;/q;;+2. The third-order valence-corrected chi connectivity index (χ3v) is 5.92. The fourth-order valence-electron chi connectivity index (χ4n) is 2.65. The Bertz CT molecular complexity index is 351. The maximum Gasteiger partial charge on any atom is 2.00 e. The second-order valence-corrected chi connectivity index (χ2v) is 13.0. The molecule has 0 N–H and O–H groups in total. The first-order valence-corrected chi connectivity index (χ1v) is 12.1. The van der Waals surface area contributed by atoms with Crippen LogP contribution >= 0.6 is 11.1 Å². The van der Waals surface area contributed by atoms with E-state index in [0.29, 0.717) is 0 Å².